The van der Waals surface area contributed by atoms with Gasteiger partial charge >= 0.3 is 6.18 Å². The second kappa shape index (κ2) is 9.12. The molecule has 2 bridgehead atoms. The first-order valence-electron chi connectivity index (χ1n) is 10.4. The maximum atomic E-state index is 13.0. The van der Waals surface area contributed by atoms with Crippen LogP contribution in [0, 0.1) is 11.8 Å². The van der Waals surface area contributed by atoms with Crippen LogP contribution >= 0.6 is 0 Å². The van der Waals surface area contributed by atoms with Gasteiger partial charge in [0.05, 0.1) is 17.4 Å². The van der Waals surface area contributed by atoms with Crippen LogP contribution in [0.3, 0.4) is 0 Å². The normalized spacial score (nSPS) is 23.0. The number of ether oxygens (including phenoxy) is 1. The molecule has 2 aliphatic rings. The molecule has 1 aliphatic heterocycles. The Morgan fingerprint density at radius 3 is 2.30 bits per heavy atom. The number of hydrogen-bond donors (Lipinski definition) is 2. The van der Waals surface area contributed by atoms with Crippen LogP contribution in [0.1, 0.15) is 37.8 Å². The van der Waals surface area contributed by atoms with Crippen molar-refractivity contribution in [2.24, 2.45) is 17.6 Å². The molecular formula is C22H29F3N4O. The van der Waals surface area contributed by atoms with Crippen molar-refractivity contribution < 1.29 is 17.9 Å². The molecule has 0 amide bonds. The average molecular weight is 422 g/mol. The molecule has 0 radical (unpaired) electrons. The Balaban J connectivity index is 0.00000124. The summed E-state index contributed by atoms with van der Waals surface area (Å²) in [5.74, 6) is 1.94. The number of rotatable bonds is 4. The van der Waals surface area contributed by atoms with Crippen molar-refractivity contribution in [1.29, 1.82) is 0 Å². The largest absolute Gasteiger partial charge is 0.489 e. The van der Waals surface area contributed by atoms with Crippen molar-refractivity contribution in [3.63, 3.8) is 0 Å². The van der Waals surface area contributed by atoms with Gasteiger partial charge in [-0.25, -0.2) is 4.98 Å². The third kappa shape index (κ3) is 4.64. The molecule has 1 aromatic heterocycles. The Labute approximate surface area is 175 Å². The van der Waals surface area contributed by atoms with Crippen LogP contribution in [-0.2, 0) is 12.7 Å². The van der Waals surface area contributed by atoms with Gasteiger partial charge < -0.3 is 21.1 Å². The Morgan fingerprint density at radius 2 is 1.77 bits per heavy atom. The lowest BCUT2D eigenvalue weighted by Gasteiger charge is -2.39. The van der Waals surface area contributed by atoms with Crippen LogP contribution in [0.2, 0.25) is 0 Å². The fraction of sp³-hybridized carbons (Fsp3) is 0.500. The van der Waals surface area contributed by atoms with Crippen molar-refractivity contribution in [1.82, 2.24) is 4.98 Å². The third-order valence-corrected chi connectivity index (χ3v) is 5.71. The SMILES string of the molecule is CC.NCc1cc(C(F)(F)F)ccc1OC1C2CCC1CN(c1ccc(N)cn1)C2. The number of nitrogen functional groups attached to an aromatic ring is 1. The van der Waals surface area contributed by atoms with Crippen molar-refractivity contribution in [2.75, 3.05) is 23.7 Å². The summed E-state index contributed by atoms with van der Waals surface area (Å²) < 4.78 is 45.1. The molecule has 164 valence electrons. The minimum Gasteiger partial charge on any atom is -0.489 e. The number of nitrogens with zero attached hydrogens (tertiary/aromatic N) is 2. The molecule has 30 heavy (non-hydrogen) atoms. The molecular weight excluding hydrogens is 393 g/mol. The van der Waals surface area contributed by atoms with Gasteiger partial charge in [0.2, 0.25) is 0 Å². The number of nitrogens with two attached hydrogens (primary N) is 2. The van der Waals surface area contributed by atoms with E-state index in [2.05, 4.69) is 9.88 Å². The summed E-state index contributed by atoms with van der Waals surface area (Å²) in [7, 11) is 0. The van der Waals surface area contributed by atoms with Crippen LogP contribution in [-0.4, -0.2) is 24.2 Å². The van der Waals surface area contributed by atoms with Crippen LogP contribution in [0.25, 0.3) is 0 Å². The third-order valence-electron chi connectivity index (χ3n) is 5.71. The van der Waals surface area contributed by atoms with Gasteiger partial charge in [0.25, 0.3) is 0 Å². The second-order valence-corrected chi connectivity index (χ2v) is 7.56. The second-order valence-electron chi connectivity index (χ2n) is 7.56. The van der Waals surface area contributed by atoms with Gasteiger partial charge in [0.15, 0.2) is 0 Å². The van der Waals surface area contributed by atoms with Gasteiger partial charge in [-0.1, -0.05) is 13.8 Å². The van der Waals surface area contributed by atoms with Crippen LogP contribution in [0.4, 0.5) is 24.7 Å². The summed E-state index contributed by atoms with van der Waals surface area (Å²) in [6, 6.07) is 7.30. The molecule has 2 unspecified atom stereocenters. The zero-order valence-electron chi connectivity index (χ0n) is 17.3. The highest BCUT2D eigenvalue weighted by atomic mass is 19.4. The quantitative estimate of drug-likeness (QED) is 0.761. The molecule has 2 atom stereocenters. The van der Waals surface area contributed by atoms with E-state index in [4.69, 9.17) is 16.2 Å². The van der Waals surface area contributed by atoms with E-state index in [0.29, 0.717) is 28.8 Å². The minimum atomic E-state index is -4.39. The molecule has 1 aromatic carbocycles. The van der Waals surface area contributed by atoms with Crippen LogP contribution in [0.5, 0.6) is 5.75 Å². The first-order chi connectivity index (χ1) is 14.3. The van der Waals surface area contributed by atoms with Gasteiger partial charge in [-0.05, 0) is 43.2 Å². The number of halogens is 3. The summed E-state index contributed by atoms with van der Waals surface area (Å²) >= 11 is 0. The van der Waals surface area contributed by atoms with Gasteiger partial charge in [-0.2, -0.15) is 13.2 Å². The van der Waals surface area contributed by atoms with E-state index < -0.39 is 11.7 Å². The molecule has 0 spiro atoms. The number of alkyl halides is 3. The van der Waals surface area contributed by atoms with Crippen molar-refractivity contribution in [3.05, 3.63) is 47.7 Å². The zero-order chi connectivity index (χ0) is 21.9. The number of hydrogen-bond acceptors (Lipinski definition) is 5. The standard InChI is InChI=1S/C20H23F3N4O.C2H6/c21-20(22,23)15-3-5-17(14(7-15)8-24)28-19-12-1-2-13(19)11-27(10-12)18-6-4-16(25)9-26-18;1-2/h3-7,9,12-13,19H,1-2,8,10-11,24-25H2;1-2H3. The predicted octanol–water partition coefficient (Wildman–Crippen LogP) is 4.46. The lowest BCUT2D eigenvalue weighted by Crippen LogP contribution is -2.47. The minimum absolute atomic E-state index is 0.00277. The van der Waals surface area contributed by atoms with Gasteiger partial charge in [-0.15, -0.1) is 0 Å². The number of piperidine rings is 1. The fourth-order valence-corrected chi connectivity index (χ4v) is 4.31. The molecule has 2 heterocycles. The lowest BCUT2D eigenvalue weighted by atomic mass is 9.94. The summed E-state index contributed by atoms with van der Waals surface area (Å²) in [5.41, 5.74) is 11.7. The Kier molecular flexibility index (Phi) is 6.75. The zero-order valence-corrected chi connectivity index (χ0v) is 17.3. The molecule has 8 heteroatoms. The number of anilines is 2. The van der Waals surface area contributed by atoms with E-state index in [1.807, 2.05) is 26.0 Å². The summed E-state index contributed by atoms with van der Waals surface area (Å²) in [6.07, 6.45) is -0.708. The van der Waals surface area contributed by atoms with E-state index in [-0.39, 0.29) is 12.6 Å². The monoisotopic (exact) mass is 422 g/mol. The first-order valence-corrected chi connectivity index (χ1v) is 10.4. The van der Waals surface area contributed by atoms with Crippen molar-refractivity contribution in [3.8, 4) is 5.75 Å². The predicted molar refractivity (Wildman–Crippen MR) is 112 cm³/mol. The van der Waals surface area contributed by atoms with E-state index in [1.54, 1.807) is 6.20 Å². The lowest BCUT2D eigenvalue weighted by molar-refractivity contribution is -0.137. The Bertz CT molecular complexity index is 827. The average Bonchev–Trinajstić information content (AvgIpc) is 2.96. The molecule has 5 nitrogen and oxygen atoms in total. The fourth-order valence-electron chi connectivity index (χ4n) is 4.31. The maximum absolute atomic E-state index is 13.0. The summed E-state index contributed by atoms with van der Waals surface area (Å²) in [6.45, 7) is 5.61. The molecule has 1 aliphatic carbocycles. The number of benzene rings is 1. The molecule has 2 fully saturated rings. The number of fused-ring (bicyclic) bond motifs is 2. The highest BCUT2D eigenvalue weighted by Crippen LogP contribution is 2.41. The Hall–Kier alpha value is -2.48. The van der Waals surface area contributed by atoms with E-state index in [9.17, 15) is 13.2 Å². The maximum Gasteiger partial charge on any atom is 0.416 e. The van der Waals surface area contributed by atoms with Gasteiger partial charge in [0.1, 0.15) is 17.7 Å². The number of pyridine rings is 1. The van der Waals surface area contributed by atoms with Crippen molar-refractivity contribution >= 4 is 11.5 Å². The van der Waals surface area contributed by atoms with Crippen LogP contribution < -0.4 is 21.1 Å². The van der Waals surface area contributed by atoms with E-state index >= 15 is 0 Å². The highest BCUT2D eigenvalue weighted by Gasteiger charge is 2.44. The molecule has 1 saturated carbocycles. The highest BCUT2D eigenvalue weighted by molar-refractivity contribution is 5.46. The van der Waals surface area contributed by atoms with Crippen molar-refractivity contribution in [2.45, 2.75) is 45.5 Å². The summed E-state index contributed by atoms with van der Waals surface area (Å²) in [4.78, 5) is 6.64. The molecule has 4 N–H and O–H groups in total. The van der Waals surface area contributed by atoms with Gasteiger partial charge in [0, 0.05) is 37.0 Å². The topological polar surface area (TPSA) is 77.4 Å². The molecule has 1 saturated heterocycles. The van der Waals surface area contributed by atoms with E-state index in [0.717, 1.165) is 43.9 Å². The molecule has 4 rings (SSSR count). The van der Waals surface area contributed by atoms with Gasteiger partial charge in [-0.3, -0.25) is 0 Å². The Morgan fingerprint density at radius 1 is 1.10 bits per heavy atom. The van der Waals surface area contributed by atoms with E-state index in [1.165, 1.54) is 6.07 Å². The number of aromatic nitrogens is 1. The van der Waals surface area contributed by atoms with Crippen LogP contribution in [0.15, 0.2) is 36.5 Å². The smallest absolute Gasteiger partial charge is 0.416 e. The summed E-state index contributed by atoms with van der Waals surface area (Å²) in [5, 5.41) is 0. The first kappa shape index (κ1) is 22.2. The molecule has 2 aromatic rings.